The van der Waals surface area contributed by atoms with Crippen LogP contribution in [0.15, 0.2) is 12.1 Å². The van der Waals surface area contributed by atoms with Gasteiger partial charge in [-0.2, -0.15) is 0 Å². The van der Waals surface area contributed by atoms with Crippen molar-refractivity contribution >= 4 is 29.3 Å². The minimum Gasteiger partial charge on any atom is -0.489 e. The SMILES string of the molecule is CC1CCN(C(=O)CSCc2cc(Cl)c3c(c2)OCCCO3)CC1. The van der Waals surface area contributed by atoms with E-state index in [1.807, 2.05) is 17.0 Å². The molecular formula is C18H24ClNO3S. The van der Waals surface area contributed by atoms with Crippen LogP contribution < -0.4 is 9.47 Å². The van der Waals surface area contributed by atoms with Crippen molar-refractivity contribution in [3.05, 3.63) is 22.7 Å². The summed E-state index contributed by atoms with van der Waals surface area (Å²) in [6.07, 6.45) is 3.10. The molecule has 0 atom stereocenters. The van der Waals surface area contributed by atoms with Gasteiger partial charge in [-0.3, -0.25) is 4.79 Å². The predicted molar refractivity (Wildman–Crippen MR) is 98.2 cm³/mol. The molecule has 2 heterocycles. The third kappa shape index (κ3) is 4.51. The first kappa shape index (κ1) is 17.7. The quantitative estimate of drug-likeness (QED) is 0.804. The summed E-state index contributed by atoms with van der Waals surface area (Å²) >= 11 is 7.93. The molecule has 4 nitrogen and oxygen atoms in total. The number of carbonyl (C=O) groups excluding carboxylic acids is 1. The van der Waals surface area contributed by atoms with Gasteiger partial charge < -0.3 is 14.4 Å². The van der Waals surface area contributed by atoms with Crippen LogP contribution in [0.2, 0.25) is 5.02 Å². The Bertz CT molecular complexity index is 588. The highest BCUT2D eigenvalue weighted by Crippen LogP contribution is 2.38. The maximum atomic E-state index is 12.3. The molecule has 1 saturated heterocycles. The van der Waals surface area contributed by atoms with Crippen LogP contribution in [0.5, 0.6) is 11.5 Å². The van der Waals surface area contributed by atoms with Crippen LogP contribution in [0.1, 0.15) is 31.7 Å². The first-order chi connectivity index (χ1) is 11.6. The Balaban J connectivity index is 1.52. The third-order valence-electron chi connectivity index (χ3n) is 4.49. The molecule has 0 saturated carbocycles. The summed E-state index contributed by atoms with van der Waals surface area (Å²) in [4.78, 5) is 14.3. The van der Waals surface area contributed by atoms with E-state index < -0.39 is 0 Å². The highest BCUT2D eigenvalue weighted by molar-refractivity contribution is 7.99. The van der Waals surface area contributed by atoms with E-state index in [2.05, 4.69) is 6.92 Å². The highest BCUT2D eigenvalue weighted by atomic mass is 35.5. The molecule has 0 radical (unpaired) electrons. The molecule has 2 aliphatic rings. The number of piperidine rings is 1. The molecule has 0 bridgehead atoms. The summed E-state index contributed by atoms with van der Waals surface area (Å²) in [5.74, 6) is 3.60. The topological polar surface area (TPSA) is 38.8 Å². The number of rotatable bonds is 4. The Morgan fingerprint density at radius 2 is 2.04 bits per heavy atom. The van der Waals surface area contributed by atoms with E-state index in [-0.39, 0.29) is 5.91 Å². The molecule has 0 N–H and O–H groups in total. The standard InChI is InChI=1S/C18H24ClNO3S/c1-13-3-5-20(6-4-13)17(21)12-24-11-14-9-15(19)18-16(10-14)22-7-2-8-23-18/h9-10,13H,2-8,11-12H2,1H3. The smallest absolute Gasteiger partial charge is 0.232 e. The van der Waals surface area contributed by atoms with Crippen molar-refractivity contribution in [3.63, 3.8) is 0 Å². The third-order valence-corrected chi connectivity index (χ3v) is 5.76. The van der Waals surface area contributed by atoms with Crippen molar-refractivity contribution in [1.82, 2.24) is 4.90 Å². The van der Waals surface area contributed by atoms with E-state index in [4.69, 9.17) is 21.1 Å². The molecule has 1 amide bonds. The fraction of sp³-hybridized carbons (Fsp3) is 0.611. The van der Waals surface area contributed by atoms with Crippen LogP contribution in [-0.4, -0.2) is 42.9 Å². The van der Waals surface area contributed by atoms with Crippen LogP contribution in [-0.2, 0) is 10.5 Å². The van der Waals surface area contributed by atoms with Crippen molar-refractivity contribution < 1.29 is 14.3 Å². The number of ether oxygens (including phenoxy) is 2. The molecule has 0 aromatic heterocycles. The number of fused-ring (bicyclic) bond motifs is 1. The van der Waals surface area contributed by atoms with Gasteiger partial charge in [-0.15, -0.1) is 11.8 Å². The van der Waals surface area contributed by atoms with Gasteiger partial charge in [-0.1, -0.05) is 18.5 Å². The van der Waals surface area contributed by atoms with Crippen molar-refractivity contribution in [2.24, 2.45) is 5.92 Å². The molecule has 0 unspecified atom stereocenters. The number of carbonyl (C=O) groups is 1. The van der Waals surface area contributed by atoms with Crippen molar-refractivity contribution in [1.29, 1.82) is 0 Å². The summed E-state index contributed by atoms with van der Waals surface area (Å²) in [6, 6.07) is 3.89. The lowest BCUT2D eigenvalue weighted by Gasteiger charge is -2.30. The second-order valence-electron chi connectivity index (χ2n) is 6.51. The summed E-state index contributed by atoms with van der Waals surface area (Å²) < 4.78 is 11.3. The largest absolute Gasteiger partial charge is 0.489 e. The first-order valence-corrected chi connectivity index (χ1v) is 10.1. The zero-order valence-electron chi connectivity index (χ0n) is 14.1. The lowest BCUT2D eigenvalue weighted by molar-refractivity contribution is -0.129. The summed E-state index contributed by atoms with van der Waals surface area (Å²) in [5.41, 5.74) is 1.06. The molecule has 2 aliphatic heterocycles. The van der Waals surface area contributed by atoms with Crippen LogP contribution in [0.3, 0.4) is 0 Å². The Kier molecular flexibility index (Phi) is 6.17. The fourth-order valence-electron chi connectivity index (χ4n) is 2.97. The van der Waals surface area contributed by atoms with Crippen LogP contribution in [0.25, 0.3) is 0 Å². The maximum Gasteiger partial charge on any atom is 0.232 e. The number of nitrogens with zero attached hydrogens (tertiary/aromatic N) is 1. The molecule has 132 valence electrons. The fourth-order valence-corrected chi connectivity index (χ4v) is 4.12. The summed E-state index contributed by atoms with van der Waals surface area (Å²) in [6.45, 7) is 5.33. The Morgan fingerprint density at radius 3 is 2.83 bits per heavy atom. The first-order valence-electron chi connectivity index (χ1n) is 8.57. The van der Waals surface area contributed by atoms with Crippen molar-refractivity contribution in [2.45, 2.75) is 31.9 Å². The normalized spacial score (nSPS) is 18.3. The van der Waals surface area contributed by atoms with Gasteiger partial charge in [0, 0.05) is 25.3 Å². The number of likely N-dealkylation sites (tertiary alicyclic amines) is 1. The summed E-state index contributed by atoms with van der Waals surface area (Å²) in [7, 11) is 0. The molecule has 1 fully saturated rings. The number of hydrogen-bond donors (Lipinski definition) is 0. The van der Waals surface area contributed by atoms with E-state index in [0.717, 1.165) is 49.6 Å². The molecule has 1 aromatic rings. The number of benzene rings is 1. The van der Waals surface area contributed by atoms with E-state index in [9.17, 15) is 4.79 Å². The van der Waals surface area contributed by atoms with Gasteiger partial charge in [0.25, 0.3) is 0 Å². The van der Waals surface area contributed by atoms with E-state index in [0.29, 0.717) is 35.5 Å². The zero-order chi connectivity index (χ0) is 16.9. The number of hydrogen-bond acceptors (Lipinski definition) is 4. The van der Waals surface area contributed by atoms with Crippen molar-refractivity contribution in [3.8, 4) is 11.5 Å². The van der Waals surface area contributed by atoms with Gasteiger partial charge in [-0.25, -0.2) is 0 Å². The second kappa shape index (κ2) is 8.34. The van der Waals surface area contributed by atoms with Crippen LogP contribution in [0, 0.1) is 5.92 Å². The molecule has 0 aliphatic carbocycles. The van der Waals surface area contributed by atoms with Gasteiger partial charge in [0.2, 0.25) is 5.91 Å². The molecule has 24 heavy (non-hydrogen) atoms. The molecule has 0 spiro atoms. The monoisotopic (exact) mass is 369 g/mol. The van der Waals surface area contributed by atoms with Gasteiger partial charge >= 0.3 is 0 Å². The summed E-state index contributed by atoms with van der Waals surface area (Å²) in [5, 5.41) is 0.585. The van der Waals surface area contributed by atoms with E-state index >= 15 is 0 Å². The average molecular weight is 370 g/mol. The Hall–Kier alpha value is -1.07. The zero-order valence-corrected chi connectivity index (χ0v) is 15.6. The van der Waals surface area contributed by atoms with Gasteiger partial charge in [0.1, 0.15) is 0 Å². The molecule has 3 rings (SSSR count). The van der Waals surface area contributed by atoms with E-state index in [1.54, 1.807) is 11.8 Å². The highest BCUT2D eigenvalue weighted by Gasteiger charge is 2.20. The minimum absolute atomic E-state index is 0.243. The maximum absolute atomic E-state index is 12.3. The number of thioether (sulfide) groups is 1. The Morgan fingerprint density at radius 1 is 1.29 bits per heavy atom. The second-order valence-corrected chi connectivity index (χ2v) is 7.90. The van der Waals surface area contributed by atoms with E-state index in [1.165, 1.54) is 0 Å². The van der Waals surface area contributed by atoms with Gasteiger partial charge in [-0.05, 0) is 36.5 Å². The average Bonchev–Trinajstić information content (AvgIpc) is 2.81. The molecular weight excluding hydrogens is 346 g/mol. The van der Waals surface area contributed by atoms with Crippen LogP contribution in [0.4, 0.5) is 0 Å². The number of halogens is 1. The van der Waals surface area contributed by atoms with Crippen LogP contribution >= 0.6 is 23.4 Å². The Labute approximate surface area is 152 Å². The molecule has 1 aromatic carbocycles. The minimum atomic E-state index is 0.243. The van der Waals surface area contributed by atoms with Gasteiger partial charge in [0.15, 0.2) is 11.5 Å². The predicted octanol–water partition coefficient (Wildman–Crippen LogP) is 3.99. The lowest BCUT2D eigenvalue weighted by atomic mass is 9.99. The van der Waals surface area contributed by atoms with Crippen molar-refractivity contribution in [2.75, 3.05) is 32.1 Å². The molecule has 6 heteroatoms. The number of amides is 1. The lowest BCUT2D eigenvalue weighted by Crippen LogP contribution is -2.38. The van der Waals surface area contributed by atoms with Gasteiger partial charge in [0.05, 0.1) is 24.0 Å².